The van der Waals surface area contributed by atoms with E-state index < -0.39 is 17.8 Å². The molecule has 1 amide bonds. The summed E-state index contributed by atoms with van der Waals surface area (Å²) in [7, 11) is 0. The van der Waals surface area contributed by atoms with Crippen molar-refractivity contribution in [2.24, 2.45) is 5.73 Å². The summed E-state index contributed by atoms with van der Waals surface area (Å²) in [6, 6.07) is 1.78. The number of hydrogen-bond donors (Lipinski definition) is 2. The fraction of sp³-hybridized carbons (Fsp3) is 0.615. The van der Waals surface area contributed by atoms with Gasteiger partial charge in [0.1, 0.15) is 0 Å². The van der Waals surface area contributed by atoms with Crippen molar-refractivity contribution in [1.29, 1.82) is 0 Å². The van der Waals surface area contributed by atoms with Gasteiger partial charge in [-0.1, -0.05) is 0 Å². The van der Waals surface area contributed by atoms with Crippen LogP contribution in [0.2, 0.25) is 0 Å². The van der Waals surface area contributed by atoms with Crippen molar-refractivity contribution in [3.8, 4) is 0 Å². The van der Waals surface area contributed by atoms with Gasteiger partial charge in [0.25, 0.3) is 0 Å². The molecule has 2 aliphatic rings. The van der Waals surface area contributed by atoms with Crippen LogP contribution in [0.25, 0.3) is 0 Å². The average Bonchev–Trinajstić information content (AvgIpc) is 3.01. The molecule has 3 N–H and O–H groups in total. The van der Waals surface area contributed by atoms with E-state index in [1.54, 1.807) is 6.07 Å². The first kappa shape index (κ1) is 14.3. The number of carbonyl (C=O) groups excluding carboxylic acids is 1. The molecule has 0 aliphatic carbocycles. The first-order chi connectivity index (χ1) is 9.41. The molecule has 2 fully saturated rings. The summed E-state index contributed by atoms with van der Waals surface area (Å²) in [5, 5.41) is 9.42. The van der Waals surface area contributed by atoms with Gasteiger partial charge in [0.15, 0.2) is 0 Å². The molecule has 0 aromatic carbocycles. The molecular formula is C13H17NO5Se. The van der Waals surface area contributed by atoms with Gasteiger partial charge < -0.3 is 0 Å². The summed E-state index contributed by atoms with van der Waals surface area (Å²) in [6.07, 6.45) is -1.22. The van der Waals surface area contributed by atoms with Gasteiger partial charge >= 0.3 is 122 Å². The third-order valence-corrected chi connectivity index (χ3v) is 5.60. The Hall–Kier alpha value is -0.691. The van der Waals surface area contributed by atoms with Crippen molar-refractivity contribution in [3.05, 3.63) is 21.0 Å². The maximum atomic E-state index is 11.2. The van der Waals surface area contributed by atoms with E-state index in [9.17, 15) is 9.90 Å². The molecular weight excluding hydrogens is 329 g/mol. The van der Waals surface area contributed by atoms with Crippen molar-refractivity contribution < 1.29 is 24.1 Å². The monoisotopic (exact) mass is 347 g/mol. The van der Waals surface area contributed by atoms with Gasteiger partial charge in [0, 0.05) is 0 Å². The van der Waals surface area contributed by atoms with Crippen LogP contribution in [0.4, 0.5) is 0 Å². The second-order valence-corrected chi connectivity index (χ2v) is 7.42. The topological polar surface area (TPSA) is 91.0 Å². The number of amides is 1. The van der Waals surface area contributed by atoms with Crippen LogP contribution in [0, 0.1) is 0 Å². The molecule has 0 unspecified atom stereocenters. The molecule has 110 valence electrons. The van der Waals surface area contributed by atoms with Crippen LogP contribution in [0.15, 0.2) is 11.0 Å². The molecule has 4 atom stereocenters. The zero-order valence-electron chi connectivity index (χ0n) is 11.2. The van der Waals surface area contributed by atoms with E-state index in [-0.39, 0.29) is 39.4 Å². The number of hydrogen-bond acceptors (Lipinski definition) is 5. The predicted molar refractivity (Wildman–Crippen MR) is 70.4 cm³/mol. The van der Waals surface area contributed by atoms with Gasteiger partial charge in [-0.25, -0.2) is 0 Å². The summed E-state index contributed by atoms with van der Waals surface area (Å²) >= 11 is 0.0139. The standard InChI is InChI=1S/C13H17NO5Se/c1-13(2)18-9-7(4-15)17-10(11(9)19-13)8-3-6(5-20-8)12(14)16/h3,5,7,9-11,15H,4H2,1-2H3,(H2,14,16)/t7-,9-,10+,11-/m1/s1. The molecule has 3 rings (SSSR count). The number of ether oxygens (including phenoxy) is 3. The van der Waals surface area contributed by atoms with Crippen LogP contribution >= 0.6 is 0 Å². The van der Waals surface area contributed by atoms with Crippen molar-refractivity contribution in [2.75, 3.05) is 6.61 Å². The Kier molecular flexibility index (Phi) is 3.52. The normalized spacial score (nSPS) is 35.1. The van der Waals surface area contributed by atoms with Crippen molar-refractivity contribution >= 4 is 20.4 Å². The van der Waals surface area contributed by atoms with Gasteiger partial charge in [0.05, 0.1) is 0 Å². The fourth-order valence-electron chi connectivity index (χ4n) is 2.69. The molecule has 7 heteroatoms. The van der Waals surface area contributed by atoms with Gasteiger partial charge in [-0.2, -0.15) is 0 Å². The quantitative estimate of drug-likeness (QED) is 0.740. The Labute approximate surface area is 122 Å². The molecule has 1 aromatic rings. The summed E-state index contributed by atoms with van der Waals surface area (Å²) in [5.74, 6) is -1.12. The second kappa shape index (κ2) is 4.94. The van der Waals surface area contributed by atoms with Crippen LogP contribution < -0.4 is 5.73 Å². The van der Waals surface area contributed by atoms with Gasteiger partial charge in [-0.15, -0.1) is 0 Å². The van der Waals surface area contributed by atoms with E-state index in [0.29, 0.717) is 5.56 Å². The number of aliphatic hydroxyl groups is 1. The number of rotatable bonds is 3. The van der Waals surface area contributed by atoms with E-state index in [2.05, 4.69) is 0 Å². The number of primary amides is 1. The number of fused-ring (bicyclic) bond motifs is 1. The first-order valence-corrected chi connectivity index (χ1v) is 8.26. The summed E-state index contributed by atoms with van der Waals surface area (Å²) in [6.45, 7) is 3.57. The zero-order chi connectivity index (χ0) is 14.5. The SMILES string of the molecule is CC1(C)O[C@@H]2[C@H](O1)[C@@H](CO)O[C@H]2c1cc(C(N)=O)c[se]1. The van der Waals surface area contributed by atoms with Crippen LogP contribution in [0.3, 0.4) is 0 Å². The van der Waals surface area contributed by atoms with E-state index in [1.807, 2.05) is 18.8 Å². The van der Waals surface area contributed by atoms with E-state index in [1.165, 1.54) is 0 Å². The molecule has 20 heavy (non-hydrogen) atoms. The molecule has 2 saturated heterocycles. The summed E-state index contributed by atoms with van der Waals surface area (Å²) in [4.78, 5) is 13.0. The maximum absolute atomic E-state index is 11.2. The van der Waals surface area contributed by atoms with E-state index >= 15 is 0 Å². The Morgan fingerprint density at radius 3 is 2.75 bits per heavy atom. The zero-order valence-corrected chi connectivity index (χ0v) is 13.0. The van der Waals surface area contributed by atoms with Gasteiger partial charge in [-0.3, -0.25) is 0 Å². The molecule has 3 heterocycles. The van der Waals surface area contributed by atoms with Crippen LogP contribution in [0.5, 0.6) is 0 Å². The number of nitrogens with two attached hydrogens (primary N) is 1. The molecule has 0 saturated carbocycles. The summed E-state index contributed by atoms with van der Waals surface area (Å²) < 4.78 is 18.5. The molecule has 0 radical (unpaired) electrons. The Morgan fingerprint density at radius 2 is 2.15 bits per heavy atom. The van der Waals surface area contributed by atoms with Gasteiger partial charge in [-0.05, 0) is 0 Å². The fourth-order valence-corrected chi connectivity index (χ4v) is 4.72. The number of carbonyl (C=O) groups is 1. The minimum atomic E-state index is -0.684. The predicted octanol–water partition coefficient (Wildman–Crippen LogP) is -0.205. The first-order valence-electron chi connectivity index (χ1n) is 6.41. The average molecular weight is 346 g/mol. The van der Waals surface area contributed by atoms with Crippen LogP contribution in [-0.4, -0.2) is 56.2 Å². The molecule has 1 aromatic heterocycles. The van der Waals surface area contributed by atoms with Crippen molar-refractivity contribution in [2.45, 2.75) is 44.1 Å². The Balaban J connectivity index is 1.87. The minimum absolute atomic E-state index is 0.0139. The van der Waals surface area contributed by atoms with Crippen LogP contribution in [-0.2, 0) is 14.2 Å². The van der Waals surface area contributed by atoms with Crippen LogP contribution in [0.1, 0.15) is 34.7 Å². The molecule has 0 bridgehead atoms. The second-order valence-electron chi connectivity index (χ2n) is 5.44. The molecule has 6 nitrogen and oxygen atoms in total. The molecule has 0 spiro atoms. The van der Waals surface area contributed by atoms with Crippen molar-refractivity contribution in [1.82, 2.24) is 0 Å². The van der Waals surface area contributed by atoms with Crippen molar-refractivity contribution in [3.63, 3.8) is 0 Å². The number of aliphatic hydroxyl groups excluding tert-OH is 1. The van der Waals surface area contributed by atoms with Gasteiger partial charge in [0.2, 0.25) is 0 Å². The summed E-state index contributed by atoms with van der Waals surface area (Å²) in [5.41, 5.74) is 5.80. The van der Waals surface area contributed by atoms with E-state index in [4.69, 9.17) is 19.9 Å². The Morgan fingerprint density at radius 1 is 1.45 bits per heavy atom. The third-order valence-electron chi connectivity index (χ3n) is 3.51. The third kappa shape index (κ3) is 2.35. The molecule has 2 aliphatic heterocycles. The van der Waals surface area contributed by atoms with E-state index in [0.717, 1.165) is 4.44 Å². The Bertz CT molecular complexity index is 529.